The number of carboxylic acids is 1. The minimum Gasteiger partial charge on any atom is -0.476 e. The zero-order chi connectivity index (χ0) is 13.9. The Balaban J connectivity index is 1.76. The molecule has 20 heavy (non-hydrogen) atoms. The van der Waals surface area contributed by atoms with E-state index in [1.165, 1.54) is 38.3 Å². The van der Waals surface area contributed by atoms with E-state index in [0.29, 0.717) is 17.5 Å². The predicted molar refractivity (Wildman–Crippen MR) is 71.6 cm³/mol. The predicted octanol–water partition coefficient (Wildman–Crippen LogP) is 2.01. The van der Waals surface area contributed by atoms with Gasteiger partial charge in [-0.15, -0.1) is 0 Å². The highest BCUT2D eigenvalue weighted by molar-refractivity contribution is 5.84. The van der Waals surface area contributed by atoms with Gasteiger partial charge in [0.15, 0.2) is 5.69 Å². The number of hydrogen-bond acceptors (Lipinski definition) is 3. The van der Waals surface area contributed by atoms with E-state index >= 15 is 0 Å². The van der Waals surface area contributed by atoms with E-state index in [-0.39, 0.29) is 17.2 Å². The molecule has 106 valence electrons. The second-order valence-corrected chi connectivity index (χ2v) is 6.76. The van der Waals surface area contributed by atoms with Gasteiger partial charge in [0.1, 0.15) is 5.69 Å². The summed E-state index contributed by atoms with van der Waals surface area (Å²) in [6.07, 6.45) is 7.32. The van der Waals surface area contributed by atoms with Crippen LogP contribution in [0.3, 0.4) is 0 Å². The molecule has 0 unspecified atom stereocenters. The molecule has 2 N–H and O–H groups in total. The highest BCUT2D eigenvalue weighted by Gasteiger charge is 2.49. The van der Waals surface area contributed by atoms with Crippen LogP contribution in [-0.2, 0) is 0 Å². The summed E-state index contributed by atoms with van der Waals surface area (Å²) in [5, 5.41) is 9.07. The van der Waals surface area contributed by atoms with E-state index in [0.717, 1.165) is 11.8 Å². The van der Waals surface area contributed by atoms with E-state index in [1.807, 2.05) is 0 Å². The highest BCUT2D eigenvalue weighted by atomic mass is 16.4. The third-order valence-corrected chi connectivity index (χ3v) is 5.58. The fourth-order valence-corrected chi connectivity index (χ4v) is 5.13. The molecule has 4 aliphatic rings. The van der Waals surface area contributed by atoms with Crippen molar-refractivity contribution in [3.05, 3.63) is 27.9 Å². The summed E-state index contributed by atoms with van der Waals surface area (Å²) < 4.78 is 0. The van der Waals surface area contributed by atoms with Crippen LogP contribution < -0.4 is 5.56 Å². The van der Waals surface area contributed by atoms with Gasteiger partial charge in [-0.05, 0) is 55.8 Å². The summed E-state index contributed by atoms with van der Waals surface area (Å²) in [7, 11) is 0. The molecule has 0 aliphatic heterocycles. The molecule has 0 atom stereocenters. The average molecular weight is 274 g/mol. The molecule has 4 saturated carbocycles. The fourth-order valence-electron chi connectivity index (χ4n) is 5.13. The van der Waals surface area contributed by atoms with E-state index in [4.69, 9.17) is 5.11 Å². The van der Waals surface area contributed by atoms with Gasteiger partial charge in [0.05, 0.1) is 0 Å². The molecule has 0 amide bonds. The number of hydrogen-bond donors (Lipinski definition) is 2. The summed E-state index contributed by atoms with van der Waals surface area (Å²) in [4.78, 5) is 29.9. The Labute approximate surface area is 116 Å². The van der Waals surface area contributed by atoms with Gasteiger partial charge in [0.2, 0.25) is 0 Å². The van der Waals surface area contributed by atoms with Crippen molar-refractivity contribution in [2.75, 3.05) is 0 Å². The normalized spacial score (nSPS) is 38.1. The topological polar surface area (TPSA) is 83.0 Å². The van der Waals surface area contributed by atoms with Crippen LogP contribution in [0.15, 0.2) is 11.0 Å². The van der Waals surface area contributed by atoms with Crippen LogP contribution in [0.4, 0.5) is 0 Å². The van der Waals surface area contributed by atoms with E-state index in [1.54, 1.807) is 0 Å². The van der Waals surface area contributed by atoms with Gasteiger partial charge in [-0.25, -0.2) is 9.78 Å². The van der Waals surface area contributed by atoms with Crippen molar-refractivity contribution in [1.29, 1.82) is 0 Å². The van der Waals surface area contributed by atoms with Crippen LogP contribution in [-0.4, -0.2) is 21.0 Å². The molecule has 1 aromatic rings. The van der Waals surface area contributed by atoms with Crippen LogP contribution in [0.25, 0.3) is 0 Å². The molecule has 5 nitrogen and oxygen atoms in total. The summed E-state index contributed by atoms with van der Waals surface area (Å²) in [5.41, 5.74) is 0.222. The van der Waals surface area contributed by atoms with Crippen molar-refractivity contribution < 1.29 is 9.90 Å². The van der Waals surface area contributed by atoms with Crippen LogP contribution in [0.1, 0.15) is 54.2 Å². The first-order chi connectivity index (χ1) is 9.61. The van der Waals surface area contributed by atoms with Gasteiger partial charge in [0, 0.05) is 12.1 Å². The highest BCUT2D eigenvalue weighted by Crippen LogP contribution is 2.59. The zero-order valence-electron chi connectivity index (χ0n) is 11.2. The molecule has 0 radical (unpaired) electrons. The summed E-state index contributed by atoms with van der Waals surface area (Å²) in [6.45, 7) is 0. The van der Waals surface area contributed by atoms with Gasteiger partial charge in [-0.1, -0.05) is 0 Å². The molecule has 0 spiro atoms. The molecule has 0 aromatic carbocycles. The quantitative estimate of drug-likeness (QED) is 0.864. The van der Waals surface area contributed by atoms with Crippen molar-refractivity contribution in [2.24, 2.45) is 23.7 Å². The second-order valence-electron chi connectivity index (χ2n) is 6.76. The molecule has 4 aliphatic carbocycles. The molecular weight excluding hydrogens is 256 g/mol. The number of aromatic amines is 1. The van der Waals surface area contributed by atoms with Gasteiger partial charge < -0.3 is 10.1 Å². The largest absolute Gasteiger partial charge is 0.476 e. The number of H-pyrrole nitrogens is 1. The Morgan fingerprint density at radius 3 is 2.30 bits per heavy atom. The Kier molecular flexibility index (Phi) is 2.53. The second kappa shape index (κ2) is 4.17. The van der Waals surface area contributed by atoms with Crippen molar-refractivity contribution in [1.82, 2.24) is 9.97 Å². The van der Waals surface area contributed by atoms with E-state index in [9.17, 15) is 9.59 Å². The van der Waals surface area contributed by atoms with E-state index < -0.39 is 5.97 Å². The van der Waals surface area contributed by atoms with Crippen LogP contribution in [0, 0.1) is 23.7 Å². The summed E-state index contributed by atoms with van der Waals surface area (Å²) in [5.74, 6) is 1.82. The van der Waals surface area contributed by atoms with Gasteiger partial charge in [-0.3, -0.25) is 4.79 Å². The number of nitrogens with one attached hydrogen (secondary N) is 1. The summed E-state index contributed by atoms with van der Waals surface area (Å²) in [6, 6.07) is 0. The number of carbonyl (C=O) groups is 1. The molecular formula is C15H18N2O3. The van der Waals surface area contributed by atoms with Gasteiger partial charge >= 0.3 is 5.97 Å². The third kappa shape index (κ3) is 1.72. The first-order valence-electron chi connectivity index (χ1n) is 7.44. The van der Waals surface area contributed by atoms with Crippen molar-refractivity contribution in [2.45, 2.75) is 38.0 Å². The van der Waals surface area contributed by atoms with Gasteiger partial charge in [0.25, 0.3) is 5.56 Å². The molecule has 4 fully saturated rings. The van der Waals surface area contributed by atoms with E-state index in [2.05, 4.69) is 9.97 Å². The monoisotopic (exact) mass is 274 g/mol. The lowest BCUT2D eigenvalue weighted by molar-refractivity contribution is -0.00476. The fraction of sp³-hybridized carbons (Fsp3) is 0.667. The number of aromatic carboxylic acids is 1. The number of nitrogens with zero attached hydrogens (tertiary/aromatic N) is 1. The number of aromatic nitrogens is 2. The number of rotatable bonds is 2. The molecule has 5 heteroatoms. The molecule has 4 bridgehead atoms. The van der Waals surface area contributed by atoms with Crippen LogP contribution in [0.2, 0.25) is 0 Å². The SMILES string of the molecule is O=C(O)c1c[nH]c(=O)c(C2C3CC4CC(C3)CC2C4)n1. The van der Waals surface area contributed by atoms with Crippen LogP contribution in [0.5, 0.6) is 0 Å². The third-order valence-electron chi connectivity index (χ3n) is 5.58. The molecule has 1 aromatic heterocycles. The standard InChI is InChI=1S/C15H18N2O3/c18-14-13(17-11(6-16-14)15(19)20)12-9-2-7-1-8(4-9)5-10(12)3-7/h6-10,12H,1-5H2,(H,16,18)(H,19,20). The minimum absolute atomic E-state index is 0.0478. The molecule has 1 heterocycles. The maximum absolute atomic E-state index is 12.1. The minimum atomic E-state index is -1.08. The van der Waals surface area contributed by atoms with Gasteiger partial charge in [-0.2, -0.15) is 0 Å². The number of carboxylic acid groups (broad SMARTS) is 1. The maximum atomic E-state index is 12.1. The van der Waals surface area contributed by atoms with Crippen molar-refractivity contribution >= 4 is 5.97 Å². The van der Waals surface area contributed by atoms with Crippen LogP contribution >= 0.6 is 0 Å². The Morgan fingerprint density at radius 1 is 1.15 bits per heavy atom. The average Bonchev–Trinajstić information content (AvgIpc) is 2.39. The lowest BCUT2D eigenvalue weighted by atomic mass is 9.51. The zero-order valence-corrected chi connectivity index (χ0v) is 11.2. The van der Waals surface area contributed by atoms with Crippen molar-refractivity contribution in [3.8, 4) is 0 Å². The first kappa shape index (κ1) is 12.1. The maximum Gasteiger partial charge on any atom is 0.356 e. The molecule has 0 saturated heterocycles. The Hall–Kier alpha value is -1.65. The van der Waals surface area contributed by atoms with Crippen molar-refractivity contribution in [3.63, 3.8) is 0 Å². The molecule has 5 rings (SSSR count). The smallest absolute Gasteiger partial charge is 0.356 e. The Morgan fingerprint density at radius 2 is 1.75 bits per heavy atom. The lowest BCUT2D eigenvalue weighted by Crippen LogP contribution is -2.45. The first-order valence-corrected chi connectivity index (χ1v) is 7.44. The summed E-state index contributed by atoms with van der Waals surface area (Å²) >= 11 is 0. The lowest BCUT2D eigenvalue weighted by Gasteiger charge is -2.54. The Bertz CT molecular complexity index is 594.